The van der Waals surface area contributed by atoms with Crippen molar-refractivity contribution >= 4 is 0 Å². The van der Waals surface area contributed by atoms with E-state index in [0.29, 0.717) is 11.3 Å². The molecular formula is C30H21F3IrN2-2. The first-order valence-corrected chi connectivity index (χ1v) is 10.9. The van der Waals surface area contributed by atoms with Crippen LogP contribution in [0.25, 0.3) is 33.6 Å². The van der Waals surface area contributed by atoms with E-state index in [4.69, 9.17) is 0 Å². The van der Waals surface area contributed by atoms with Gasteiger partial charge in [0.15, 0.2) is 0 Å². The standard InChI is InChI=1S/C19H13F3N.C11H8N.Ir/c1-13-10-11-23-18(17(13)14-6-3-2-4-7-14)15-8-5-9-16(12-15)19(20,21)22;1-2-6-10(7-3-1)11-8-4-5-9-12-11;/h2-11H,1H3;1-6,8-9H;/q2*-1;. The van der Waals surface area contributed by atoms with Crippen molar-refractivity contribution in [1.82, 2.24) is 9.97 Å². The minimum absolute atomic E-state index is 0. The minimum Gasteiger partial charge on any atom is -0.305 e. The Balaban J connectivity index is 0.000000234. The predicted octanol–water partition coefficient (Wildman–Crippen LogP) is 8.09. The number of aromatic nitrogens is 2. The molecule has 2 heterocycles. The second-order valence-corrected chi connectivity index (χ2v) is 7.68. The van der Waals surface area contributed by atoms with Crippen molar-refractivity contribution in [1.29, 1.82) is 0 Å². The Morgan fingerprint density at radius 2 is 1.42 bits per heavy atom. The Morgan fingerprint density at radius 1 is 0.694 bits per heavy atom. The Morgan fingerprint density at radius 3 is 2.08 bits per heavy atom. The van der Waals surface area contributed by atoms with Crippen LogP contribution in [0.2, 0.25) is 0 Å². The Hall–Kier alpha value is -3.60. The van der Waals surface area contributed by atoms with Gasteiger partial charge >= 0.3 is 6.18 Å². The summed E-state index contributed by atoms with van der Waals surface area (Å²) in [5, 5.41) is 0. The molecule has 0 spiro atoms. The van der Waals surface area contributed by atoms with Crippen LogP contribution < -0.4 is 0 Å². The van der Waals surface area contributed by atoms with Crippen LogP contribution in [0.5, 0.6) is 0 Å². The van der Waals surface area contributed by atoms with E-state index in [1.165, 1.54) is 6.07 Å². The van der Waals surface area contributed by atoms with Gasteiger partial charge in [-0.1, -0.05) is 42.5 Å². The molecule has 0 aliphatic heterocycles. The number of benzene rings is 3. The summed E-state index contributed by atoms with van der Waals surface area (Å²) >= 11 is 0. The molecule has 0 saturated carbocycles. The molecule has 6 heteroatoms. The van der Waals surface area contributed by atoms with Crippen LogP contribution in [0.15, 0.2) is 109 Å². The normalized spacial score (nSPS) is 10.6. The maximum atomic E-state index is 12.9. The molecule has 5 aromatic rings. The van der Waals surface area contributed by atoms with Crippen LogP contribution in [0.3, 0.4) is 0 Å². The van der Waals surface area contributed by atoms with E-state index in [-0.39, 0.29) is 20.1 Å². The average molecular weight is 659 g/mol. The van der Waals surface area contributed by atoms with Crippen molar-refractivity contribution < 1.29 is 33.3 Å². The largest absolute Gasteiger partial charge is 0.399 e. The number of nitrogens with zero attached hydrogens (tertiary/aromatic N) is 2. The molecule has 0 aliphatic rings. The van der Waals surface area contributed by atoms with Gasteiger partial charge in [0, 0.05) is 32.5 Å². The van der Waals surface area contributed by atoms with Gasteiger partial charge in [-0.05, 0) is 52.7 Å². The molecule has 183 valence electrons. The first-order chi connectivity index (χ1) is 16.9. The molecule has 0 aliphatic carbocycles. The number of aryl methyl sites for hydroxylation is 1. The van der Waals surface area contributed by atoms with Gasteiger partial charge in [0.1, 0.15) is 0 Å². The Bertz CT molecular complexity index is 1340. The fraction of sp³-hybridized carbons (Fsp3) is 0.0667. The minimum atomic E-state index is -4.42. The zero-order chi connectivity index (χ0) is 24.7. The summed E-state index contributed by atoms with van der Waals surface area (Å²) in [6, 6.07) is 34.6. The fourth-order valence-electron chi connectivity index (χ4n) is 3.58. The number of halogens is 3. The molecule has 0 N–H and O–H groups in total. The summed E-state index contributed by atoms with van der Waals surface area (Å²) in [6.45, 7) is 1.92. The van der Waals surface area contributed by atoms with Crippen LogP contribution in [0.4, 0.5) is 13.2 Å². The summed E-state index contributed by atoms with van der Waals surface area (Å²) in [6.07, 6.45) is -1.03. The molecule has 0 unspecified atom stereocenters. The van der Waals surface area contributed by atoms with Crippen molar-refractivity contribution in [3.8, 4) is 33.6 Å². The van der Waals surface area contributed by atoms with Crippen molar-refractivity contribution in [2.75, 3.05) is 0 Å². The topological polar surface area (TPSA) is 25.8 Å². The third-order valence-corrected chi connectivity index (χ3v) is 5.23. The van der Waals surface area contributed by atoms with E-state index < -0.39 is 11.7 Å². The van der Waals surface area contributed by atoms with Crippen LogP contribution in [-0.2, 0) is 26.3 Å². The van der Waals surface area contributed by atoms with E-state index in [0.717, 1.165) is 34.0 Å². The van der Waals surface area contributed by atoms with Gasteiger partial charge < -0.3 is 9.97 Å². The second-order valence-electron chi connectivity index (χ2n) is 7.68. The van der Waals surface area contributed by atoms with E-state index in [9.17, 15) is 13.2 Å². The number of rotatable bonds is 3. The van der Waals surface area contributed by atoms with E-state index >= 15 is 0 Å². The molecular weight excluding hydrogens is 638 g/mol. The van der Waals surface area contributed by atoms with E-state index in [1.807, 2.05) is 85.8 Å². The van der Waals surface area contributed by atoms with Crippen LogP contribution >= 0.6 is 0 Å². The predicted molar refractivity (Wildman–Crippen MR) is 132 cm³/mol. The van der Waals surface area contributed by atoms with Gasteiger partial charge in [-0.3, -0.25) is 0 Å². The van der Waals surface area contributed by atoms with Gasteiger partial charge in [-0.15, -0.1) is 65.7 Å². The zero-order valence-electron chi connectivity index (χ0n) is 19.3. The van der Waals surface area contributed by atoms with Gasteiger partial charge in [0.2, 0.25) is 0 Å². The van der Waals surface area contributed by atoms with Gasteiger partial charge in [-0.2, -0.15) is 13.2 Å². The van der Waals surface area contributed by atoms with Crippen molar-refractivity contribution in [2.24, 2.45) is 0 Å². The molecule has 2 aromatic heterocycles. The number of hydrogen-bond acceptors (Lipinski definition) is 2. The summed E-state index contributed by atoms with van der Waals surface area (Å²) in [5.74, 6) is 0. The smallest absolute Gasteiger partial charge is 0.305 e. The Labute approximate surface area is 222 Å². The number of alkyl halides is 3. The maximum Gasteiger partial charge on any atom is 0.399 e. The van der Waals surface area contributed by atoms with Crippen LogP contribution in [0.1, 0.15) is 11.1 Å². The molecule has 0 saturated heterocycles. The van der Waals surface area contributed by atoms with Crippen molar-refractivity contribution in [3.63, 3.8) is 0 Å². The maximum absolute atomic E-state index is 12.9. The summed E-state index contributed by atoms with van der Waals surface area (Å²) in [7, 11) is 0. The molecule has 1 radical (unpaired) electrons. The Kier molecular flexibility index (Phi) is 9.29. The summed E-state index contributed by atoms with van der Waals surface area (Å²) in [5.41, 5.74) is 4.74. The van der Waals surface area contributed by atoms with Gasteiger partial charge in [0.05, 0.1) is 0 Å². The molecule has 0 fully saturated rings. The molecule has 0 amide bonds. The van der Waals surface area contributed by atoms with E-state index in [1.54, 1.807) is 18.5 Å². The molecule has 3 aromatic carbocycles. The number of pyridine rings is 2. The summed E-state index contributed by atoms with van der Waals surface area (Å²) < 4.78 is 38.8. The fourth-order valence-corrected chi connectivity index (χ4v) is 3.58. The van der Waals surface area contributed by atoms with Gasteiger partial charge in [-0.25, -0.2) is 0 Å². The second kappa shape index (κ2) is 12.4. The first-order valence-electron chi connectivity index (χ1n) is 10.9. The number of hydrogen-bond donors (Lipinski definition) is 0. The third kappa shape index (κ3) is 6.75. The molecule has 0 atom stereocenters. The SMILES string of the molecule is Cc1ccnc(-c2[c-]c(C(F)(F)F)ccc2)c1-c1ccccc1.[Ir].[c-]1ccccc1-c1ccccn1. The molecule has 2 nitrogen and oxygen atoms in total. The van der Waals surface area contributed by atoms with Crippen molar-refractivity contribution in [3.05, 3.63) is 133 Å². The zero-order valence-corrected chi connectivity index (χ0v) is 21.6. The molecule has 5 rings (SSSR count). The van der Waals surface area contributed by atoms with Crippen LogP contribution in [-0.4, -0.2) is 9.97 Å². The monoisotopic (exact) mass is 659 g/mol. The third-order valence-electron chi connectivity index (χ3n) is 5.23. The first kappa shape index (κ1) is 27.0. The summed E-state index contributed by atoms with van der Waals surface area (Å²) in [4.78, 5) is 8.53. The van der Waals surface area contributed by atoms with Crippen molar-refractivity contribution in [2.45, 2.75) is 13.1 Å². The van der Waals surface area contributed by atoms with Gasteiger partial charge in [0.25, 0.3) is 0 Å². The quantitative estimate of drug-likeness (QED) is 0.183. The average Bonchev–Trinajstić information content (AvgIpc) is 2.90. The van der Waals surface area contributed by atoms with Crippen LogP contribution in [0, 0.1) is 19.1 Å². The molecule has 0 bridgehead atoms. The molecule has 36 heavy (non-hydrogen) atoms. The van der Waals surface area contributed by atoms with E-state index in [2.05, 4.69) is 22.1 Å².